The van der Waals surface area contributed by atoms with E-state index in [1.165, 1.54) is 12.4 Å². The molecule has 2 N–H and O–H groups in total. The monoisotopic (exact) mass is 533 g/mol. The molecular weight excluding hydrogens is 504 g/mol. The van der Waals surface area contributed by atoms with Crippen LogP contribution >= 0.6 is 11.6 Å². The summed E-state index contributed by atoms with van der Waals surface area (Å²) in [6, 6.07) is 6.02. The average Bonchev–Trinajstić information content (AvgIpc) is 2.93. The topological polar surface area (TPSA) is 80.8 Å². The summed E-state index contributed by atoms with van der Waals surface area (Å²) in [5, 5.41) is 6.30. The van der Waals surface area contributed by atoms with Crippen molar-refractivity contribution >= 4 is 34.0 Å². The summed E-state index contributed by atoms with van der Waals surface area (Å²) >= 11 is 5.76. The van der Waals surface area contributed by atoms with Gasteiger partial charge in [0.15, 0.2) is 17.3 Å². The maximum atomic E-state index is 14.6. The van der Waals surface area contributed by atoms with E-state index in [1.54, 1.807) is 0 Å². The number of rotatable bonds is 9. The van der Waals surface area contributed by atoms with Gasteiger partial charge in [0.1, 0.15) is 29.1 Å². The van der Waals surface area contributed by atoms with E-state index < -0.39 is 16.7 Å². The molecule has 0 saturated carbocycles. The van der Waals surface area contributed by atoms with E-state index in [1.807, 2.05) is 12.1 Å². The normalized spacial score (nSPS) is 17.2. The van der Waals surface area contributed by atoms with Crippen LogP contribution in [0.2, 0.25) is 5.02 Å². The second kappa shape index (κ2) is 12.2. The van der Waals surface area contributed by atoms with Gasteiger partial charge < -0.3 is 24.8 Å². The van der Waals surface area contributed by atoms with Gasteiger partial charge in [0, 0.05) is 31.1 Å². The Balaban J connectivity index is 1.39. The number of piperidine rings is 1. The smallest absolute Gasteiger partial charge is 0.168 e. The van der Waals surface area contributed by atoms with Gasteiger partial charge in [-0.15, -0.1) is 0 Å². The van der Waals surface area contributed by atoms with Crippen molar-refractivity contribution in [1.29, 1.82) is 0 Å². The molecule has 1 aromatic heterocycles. The van der Waals surface area contributed by atoms with Gasteiger partial charge >= 0.3 is 0 Å². The van der Waals surface area contributed by atoms with Crippen LogP contribution in [-0.2, 0) is 4.74 Å². The highest BCUT2D eigenvalue weighted by Gasteiger charge is 2.20. The van der Waals surface area contributed by atoms with Gasteiger partial charge in [0.2, 0.25) is 0 Å². The zero-order valence-electron chi connectivity index (χ0n) is 20.4. The van der Waals surface area contributed by atoms with Crippen LogP contribution in [0.1, 0.15) is 19.3 Å². The molecule has 2 aliphatic heterocycles. The third-order valence-corrected chi connectivity index (χ3v) is 6.90. The molecular formula is C26H30ClF2N5O3. The largest absolute Gasteiger partial charge is 0.490 e. The Labute approximate surface area is 219 Å². The van der Waals surface area contributed by atoms with E-state index in [4.69, 9.17) is 25.8 Å². The maximum absolute atomic E-state index is 14.6. The molecule has 0 aliphatic carbocycles. The quantitative estimate of drug-likeness (QED) is 0.307. The van der Waals surface area contributed by atoms with Gasteiger partial charge in [-0.25, -0.2) is 18.7 Å². The molecule has 0 spiro atoms. The molecule has 198 valence electrons. The number of fused-ring (bicyclic) bond motifs is 1. The van der Waals surface area contributed by atoms with Crippen molar-refractivity contribution < 1.29 is 23.0 Å². The third-order valence-electron chi connectivity index (χ3n) is 6.55. The zero-order valence-corrected chi connectivity index (χ0v) is 21.2. The van der Waals surface area contributed by atoms with Gasteiger partial charge in [-0.1, -0.05) is 11.6 Å². The van der Waals surface area contributed by atoms with Crippen LogP contribution in [0.4, 0.5) is 20.3 Å². The second-order valence-corrected chi connectivity index (χ2v) is 9.49. The lowest BCUT2D eigenvalue weighted by atomic mass is 10.1. The molecule has 0 bridgehead atoms. The summed E-state index contributed by atoms with van der Waals surface area (Å²) in [6.45, 7) is 6.64. The molecule has 37 heavy (non-hydrogen) atoms. The van der Waals surface area contributed by atoms with Gasteiger partial charge in [0.05, 0.1) is 31.0 Å². The number of hydrogen-bond donors (Lipinski definition) is 2. The number of benzene rings is 2. The van der Waals surface area contributed by atoms with Crippen molar-refractivity contribution in [3.63, 3.8) is 0 Å². The highest BCUT2D eigenvalue weighted by Crippen LogP contribution is 2.37. The highest BCUT2D eigenvalue weighted by atomic mass is 35.5. The Hall–Kier alpha value is -2.79. The minimum Gasteiger partial charge on any atom is -0.490 e. The molecule has 2 aliphatic rings. The fraction of sp³-hybridized carbons (Fsp3) is 0.462. The van der Waals surface area contributed by atoms with Crippen LogP contribution in [0.25, 0.3) is 10.9 Å². The lowest BCUT2D eigenvalue weighted by molar-refractivity contribution is 0.0357. The number of nitrogens with one attached hydrogen (secondary N) is 2. The number of morpholine rings is 1. The lowest BCUT2D eigenvalue weighted by Gasteiger charge is -2.27. The van der Waals surface area contributed by atoms with Gasteiger partial charge in [-0.2, -0.15) is 0 Å². The van der Waals surface area contributed by atoms with Gasteiger partial charge in [-0.05, 0) is 50.6 Å². The second-order valence-electron chi connectivity index (χ2n) is 9.11. The molecule has 2 aromatic carbocycles. The summed E-state index contributed by atoms with van der Waals surface area (Å²) < 4.78 is 46.2. The number of hydrogen-bond acceptors (Lipinski definition) is 8. The fourth-order valence-corrected chi connectivity index (χ4v) is 4.67. The summed E-state index contributed by atoms with van der Waals surface area (Å²) in [5.41, 5.74) is 0.614. The SMILES string of the molecule is Fc1ccc(Nc2ncnc3cc(OCCCN4CCOCC4)c(OC4CCNCC4)cc23)c(F)c1Cl. The first-order valence-corrected chi connectivity index (χ1v) is 13.0. The summed E-state index contributed by atoms with van der Waals surface area (Å²) in [6.07, 6.45) is 4.05. The highest BCUT2D eigenvalue weighted by molar-refractivity contribution is 6.31. The molecule has 3 heterocycles. The number of ether oxygens (including phenoxy) is 3. The van der Waals surface area contributed by atoms with Crippen molar-refractivity contribution in [1.82, 2.24) is 20.2 Å². The predicted octanol–water partition coefficient (Wildman–Crippen LogP) is 4.54. The minimum atomic E-state index is -0.889. The molecule has 0 atom stereocenters. The number of anilines is 2. The number of halogens is 3. The molecule has 8 nitrogen and oxygen atoms in total. The van der Waals surface area contributed by atoms with Crippen molar-refractivity contribution in [3.8, 4) is 11.5 Å². The third kappa shape index (κ3) is 6.38. The number of aromatic nitrogens is 2. The van der Waals surface area contributed by atoms with Crippen LogP contribution in [0, 0.1) is 11.6 Å². The molecule has 0 amide bonds. The van der Waals surface area contributed by atoms with Crippen molar-refractivity contribution in [2.24, 2.45) is 0 Å². The average molecular weight is 534 g/mol. The van der Waals surface area contributed by atoms with Crippen molar-refractivity contribution in [3.05, 3.63) is 47.2 Å². The minimum absolute atomic E-state index is 0.00987. The van der Waals surface area contributed by atoms with E-state index in [0.29, 0.717) is 34.8 Å². The molecule has 5 rings (SSSR count). The van der Waals surface area contributed by atoms with Crippen LogP contribution in [0.3, 0.4) is 0 Å². The fourth-order valence-electron chi connectivity index (χ4n) is 4.51. The molecule has 2 saturated heterocycles. The van der Waals surface area contributed by atoms with E-state index in [2.05, 4.69) is 25.5 Å². The van der Waals surface area contributed by atoms with Crippen LogP contribution in [0.5, 0.6) is 11.5 Å². The zero-order chi connectivity index (χ0) is 25.6. The van der Waals surface area contributed by atoms with Crippen molar-refractivity contribution in [2.45, 2.75) is 25.4 Å². The van der Waals surface area contributed by atoms with Crippen LogP contribution in [-0.4, -0.2) is 73.5 Å². The van der Waals surface area contributed by atoms with E-state index in [0.717, 1.165) is 71.3 Å². The molecule has 2 fully saturated rings. The maximum Gasteiger partial charge on any atom is 0.168 e. The van der Waals surface area contributed by atoms with Crippen molar-refractivity contribution in [2.75, 3.05) is 57.9 Å². The Kier molecular flexibility index (Phi) is 8.50. The Morgan fingerprint density at radius 1 is 1.11 bits per heavy atom. The first-order valence-electron chi connectivity index (χ1n) is 12.6. The molecule has 11 heteroatoms. The molecule has 0 unspecified atom stereocenters. The Morgan fingerprint density at radius 3 is 2.73 bits per heavy atom. The molecule has 0 radical (unpaired) electrons. The molecule has 3 aromatic rings. The van der Waals surface area contributed by atoms with E-state index in [-0.39, 0.29) is 11.8 Å². The predicted molar refractivity (Wildman–Crippen MR) is 138 cm³/mol. The lowest BCUT2D eigenvalue weighted by Crippen LogP contribution is -2.37. The van der Waals surface area contributed by atoms with Crippen LogP contribution in [0.15, 0.2) is 30.6 Å². The van der Waals surface area contributed by atoms with Gasteiger partial charge in [-0.3, -0.25) is 4.90 Å². The first-order chi connectivity index (χ1) is 18.1. The van der Waals surface area contributed by atoms with E-state index in [9.17, 15) is 8.78 Å². The first kappa shape index (κ1) is 25.8. The van der Waals surface area contributed by atoms with Gasteiger partial charge in [0.25, 0.3) is 0 Å². The Bertz CT molecular complexity index is 1220. The van der Waals surface area contributed by atoms with E-state index >= 15 is 0 Å². The van der Waals surface area contributed by atoms with Crippen LogP contribution < -0.4 is 20.1 Å². The Morgan fingerprint density at radius 2 is 1.92 bits per heavy atom. The summed E-state index contributed by atoms with van der Waals surface area (Å²) in [7, 11) is 0. The summed E-state index contributed by atoms with van der Waals surface area (Å²) in [4.78, 5) is 11.0. The summed E-state index contributed by atoms with van der Waals surface area (Å²) in [5.74, 6) is -0.180. The number of nitrogens with zero attached hydrogens (tertiary/aromatic N) is 3. The standard InChI is InChI=1S/C26H30ClF2N5O3/c27-24-19(28)2-3-20(25(24)29)33-26-18-14-23(37-17-4-6-30-7-5-17)22(15-21(18)31-16-32-26)36-11-1-8-34-9-12-35-13-10-34/h2-3,14-17,30H,1,4-13H2,(H,31,32,33).